The molecule has 0 aromatic rings. The zero-order valence-electron chi connectivity index (χ0n) is 15.2. The van der Waals surface area contributed by atoms with Crippen molar-refractivity contribution in [1.29, 1.82) is 0 Å². The van der Waals surface area contributed by atoms with Crippen molar-refractivity contribution < 1.29 is 9.59 Å². The van der Waals surface area contributed by atoms with Crippen LogP contribution in [0.1, 0.15) is 46.0 Å². The Labute approximate surface area is 145 Å². The maximum Gasteiger partial charge on any atom is 0.232 e. The highest BCUT2D eigenvalue weighted by molar-refractivity contribution is 5.87. The molecule has 134 valence electrons. The molecule has 0 aromatic heterocycles. The van der Waals surface area contributed by atoms with Crippen LogP contribution in [-0.2, 0) is 9.59 Å². The SMILES string of the molecule is CC(C)N1C[C@H]2CN(C(=O)CC3CC3)C[C@@]2(C(=O)N2CCCC2)C1. The van der Waals surface area contributed by atoms with Gasteiger partial charge in [-0.05, 0) is 45.4 Å². The summed E-state index contributed by atoms with van der Waals surface area (Å²) in [5, 5.41) is 0. The molecule has 2 amide bonds. The fraction of sp³-hybridized carbons (Fsp3) is 0.895. The highest BCUT2D eigenvalue weighted by atomic mass is 16.2. The number of amides is 2. The monoisotopic (exact) mass is 333 g/mol. The van der Waals surface area contributed by atoms with E-state index < -0.39 is 0 Å². The van der Waals surface area contributed by atoms with Gasteiger partial charge in [0, 0.05) is 57.6 Å². The van der Waals surface area contributed by atoms with Crippen LogP contribution in [-0.4, -0.2) is 71.8 Å². The Morgan fingerprint density at radius 2 is 1.75 bits per heavy atom. The first-order chi connectivity index (χ1) is 11.5. The van der Waals surface area contributed by atoms with Gasteiger partial charge in [0.05, 0.1) is 5.41 Å². The first-order valence-electron chi connectivity index (χ1n) is 9.81. The Morgan fingerprint density at radius 3 is 2.38 bits per heavy atom. The first-order valence-corrected chi connectivity index (χ1v) is 9.81. The van der Waals surface area contributed by atoms with Crippen molar-refractivity contribution in [2.24, 2.45) is 17.3 Å². The van der Waals surface area contributed by atoms with Crippen LogP contribution < -0.4 is 0 Å². The summed E-state index contributed by atoms with van der Waals surface area (Å²) in [6.07, 6.45) is 5.38. The summed E-state index contributed by atoms with van der Waals surface area (Å²) >= 11 is 0. The molecular weight excluding hydrogens is 302 g/mol. The van der Waals surface area contributed by atoms with Gasteiger partial charge in [-0.25, -0.2) is 0 Å². The number of hydrogen-bond acceptors (Lipinski definition) is 3. The zero-order chi connectivity index (χ0) is 16.9. The smallest absolute Gasteiger partial charge is 0.232 e. The van der Waals surface area contributed by atoms with E-state index in [2.05, 4.69) is 23.6 Å². The molecule has 5 heteroatoms. The van der Waals surface area contributed by atoms with Crippen molar-refractivity contribution in [3.63, 3.8) is 0 Å². The highest BCUT2D eigenvalue weighted by Gasteiger charge is 2.59. The van der Waals surface area contributed by atoms with Crippen LogP contribution >= 0.6 is 0 Å². The van der Waals surface area contributed by atoms with Gasteiger partial charge in [0.1, 0.15) is 0 Å². The van der Waals surface area contributed by atoms with E-state index in [9.17, 15) is 9.59 Å². The quantitative estimate of drug-likeness (QED) is 0.784. The minimum atomic E-state index is -0.339. The third-order valence-electron chi connectivity index (χ3n) is 6.70. The summed E-state index contributed by atoms with van der Waals surface area (Å²) in [6, 6.07) is 0.467. The number of carbonyl (C=O) groups excluding carboxylic acids is 2. The largest absolute Gasteiger partial charge is 0.342 e. The molecule has 5 nitrogen and oxygen atoms in total. The van der Waals surface area contributed by atoms with E-state index in [0.29, 0.717) is 36.8 Å². The fourth-order valence-electron chi connectivity index (χ4n) is 4.92. The average Bonchev–Trinajstić information content (AvgIpc) is 2.99. The molecule has 24 heavy (non-hydrogen) atoms. The van der Waals surface area contributed by atoms with Gasteiger partial charge in [0.2, 0.25) is 11.8 Å². The lowest BCUT2D eigenvalue weighted by Crippen LogP contribution is -2.49. The maximum absolute atomic E-state index is 13.4. The summed E-state index contributed by atoms with van der Waals surface area (Å²) in [5.41, 5.74) is -0.339. The molecule has 1 aliphatic carbocycles. The third kappa shape index (κ3) is 2.75. The lowest BCUT2D eigenvalue weighted by molar-refractivity contribution is -0.141. The Balaban J connectivity index is 1.53. The van der Waals surface area contributed by atoms with Crippen LogP contribution in [0.25, 0.3) is 0 Å². The van der Waals surface area contributed by atoms with Crippen molar-refractivity contribution >= 4 is 11.8 Å². The van der Waals surface area contributed by atoms with Gasteiger partial charge in [-0.1, -0.05) is 0 Å². The number of hydrogen-bond donors (Lipinski definition) is 0. The van der Waals surface area contributed by atoms with Crippen molar-refractivity contribution in [2.45, 2.75) is 52.0 Å². The predicted octanol–water partition coefficient (Wildman–Crippen LogP) is 1.58. The van der Waals surface area contributed by atoms with E-state index in [1.807, 2.05) is 4.90 Å². The van der Waals surface area contributed by atoms with Gasteiger partial charge in [-0.15, -0.1) is 0 Å². The minimum Gasteiger partial charge on any atom is -0.342 e. The molecule has 0 radical (unpaired) electrons. The molecule has 0 unspecified atom stereocenters. The molecule has 0 aromatic carbocycles. The average molecular weight is 333 g/mol. The van der Waals surface area contributed by atoms with Crippen LogP contribution in [0.2, 0.25) is 0 Å². The van der Waals surface area contributed by atoms with Gasteiger partial charge in [0.25, 0.3) is 0 Å². The van der Waals surface area contributed by atoms with Gasteiger partial charge >= 0.3 is 0 Å². The van der Waals surface area contributed by atoms with Gasteiger partial charge < -0.3 is 9.80 Å². The van der Waals surface area contributed by atoms with E-state index in [0.717, 1.165) is 45.6 Å². The predicted molar refractivity (Wildman–Crippen MR) is 92.4 cm³/mol. The van der Waals surface area contributed by atoms with Crippen molar-refractivity contribution in [2.75, 3.05) is 39.3 Å². The molecule has 3 saturated heterocycles. The Bertz CT molecular complexity index is 525. The highest BCUT2D eigenvalue weighted by Crippen LogP contribution is 2.46. The number of fused-ring (bicyclic) bond motifs is 1. The van der Waals surface area contributed by atoms with Crippen LogP contribution in [0.4, 0.5) is 0 Å². The van der Waals surface area contributed by atoms with Crippen LogP contribution in [0.3, 0.4) is 0 Å². The van der Waals surface area contributed by atoms with E-state index in [1.165, 1.54) is 12.8 Å². The fourth-order valence-corrected chi connectivity index (χ4v) is 4.92. The summed E-state index contributed by atoms with van der Waals surface area (Å²) in [5.74, 6) is 1.55. The van der Waals surface area contributed by atoms with Gasteiger partial charge in [-0.2, -0.15) is 0 Å². The van der Waals surface area contributed by atoms with E-state index >= 15 is 0 Å². The molecule has 4 rings (SSSR count). The van der Waals surface area contributed by atoms with Gasteiger partial charge in [0.15, 0.2) is 0 Å². The van der Waals surface area contributed by atoms with Gasteiger partial charge in [-0.3, -0.25) is 14.5 Å². The molecule has 0 N–H and O–H groups in total. The summed E-state index contributed by atoms with van der Waals surface area (Å²) < 4.78 is 0. The number of likely N-dealkylation sites (tertiary alicyclic amines) is 3. The third-order valence-corrected chi connectivity index (χ3v) is 6.70. The first kappa shape index (κ1) is 16.4. The molecule has 4 aliphatic rings. The Hall–Kier alpha value is -1.10. The zero-order valence-corrected chi connectivity index (χ0v) is 15.2. The molecule has 3 aliphatic heterocycles. The molecule has 0 bridgehead atoms. The summed E-state index contributed by atoms with van der Waals surface area (Å²) in [7, 11) is 0. The van der Waals surface area contributed by atoms with Crippen molar-refractivity contribution in [1.82, 2.24) is 14.7 Å². The molecule has 2 atom stereocenters. The van der Waals surface area contributed by atoms with Crippen LogP contribution in [0.15, 0.2) is 0 Å². The topological polar surface area (TPSA) is 43.9 Å². The van der Waals surface area contributed by atoms with Crippen LogP contribution in [0.5, 0.6) is 0 Å². The second kappa shape index (κ2) is 6.01. The number of nitrogens with zero attached hydrogens (tertiary/aromatic N) is 3. The van der Waals surface area contributed by atoms with Crippen molar-refractivity contribution in [3.8, 4) is 0 Å². The van der Waals surface area contributed by atoms with Crippen LogP contribution in [0, 0.1) is 17.3 Å². The van der Waals surface area contributed by atoms with E-state index in [1.54, 1.807) is 0 Å². The lowest BCUT2D eigenvalue weighted by atomic mass is 9.79. The summed E-state index contributed by atoms with van der Waals surface area (Å²) in [6.45, 7) is 9.48. The molecular formula is C19H31N3O2. The lowest BCUT2D eigenvalue weighted by Gasteiger charge is -2.33. The normalized spacial score (nSPS) is 33.5. The summed E-state index contributed by atoms with van der Waals surface area (Å²) in [4.78, 5) is 32.5. The van der Waals surface area contributed by atoms with E-state index in [-0.39, 0.29) is 11.3 Å². The Kier molecular flexibility index (Phi) is 4.10. The molecule has 0 spiro atoms. The maximum atomic E-state index is 13.4. The number of rotatable bonds is 4. The van der Waals surface area contributed by atoms with Crippen molar-refractivity contribution in [3.05, 3.63) is 0 Å². The second-order valence-electron chi connectivity index (χ2n) is 8.80. The molecule has 1 saturated carbocycles. The number of carbonyl (C=O) groups is 2. The van der Waals surface area contributed by atoms with E-state index in [4.69, 9.17) is 0 Å². The second-order valence-corrected chi connectivity index (χ2v) is 8.80. The molecule has 3 heterocycles. The Morgan fingerprint density at radius 1 is 1.04 bits per heavy atom. The molecule has 4 fully saturated rings. The minimum absolute atomic E-state index is 0.289. The standard InChI is InChI=1S/C19H31N3O2/c1-14(2)21-10-16-11-22(17(23)9-15-5-6-15)13-19(16,12-21)18(24)20-7-3-4-8-20/h14-16H,3-13H2,1-2H3/t16-,19-/m0/s1.